The van der Waals surface area contributed by atoms with Gasteiger partial charge in [0.2, 0.25) is 0 Å². The van der Waals surface area contributed by atoms with Crippen molar-refractivity contribution in [3.05, 3.63) is 89.6 Å². The van der Waals surface area contributed by atoms with E-state index in [1.54, 1.807) is 5.57 Å². The molecular weight excluding hydrogens is 754 g/mol. The molecule has 2 N–H and O–H groups in total. The van der Waals surface area contributed by atoms with E-state index in [1.807, 2.05) is 6.20 Å². The van der Waals surface area contributed by atoms with Gasteiger partial charge in [-0.2, -0.15) is 0 Å². The molecule has 2 aromatic heterocycles. The highest BCUT2D eigenvalue weighted by Crippen LogP contribution is 2.42. The third-order valence-electron chi connectivity index (χ3n) is 9.04. The summed E-state index contributed by atoms with van der Waals surface area (Å²) in [6, 6.07) is 6.40. The highest BCUT2D eigenvalue weighted by molar-refractivity contribution is 14.2. The first-order valence-electron chi connectivity index (χ1n) is 16.1. The Hall–Kier alpha value is -1.68. The summed E-state index contributed by atoms with van der Waals surface area (Å²) < 4.78 is 0.0995. The first-order chi connectivity index (χ1) is 20.5. The zero-order valence-electron chi connectivity index (χ0n) is 26.7. The smallest absolute Gasteiger partial charge is 0.132 e. The molecule has 0 radical (unpaired) electrons. The van der Waals surface area contributed by atoms with E-state index in [0.29, 0.717) is 11.8 Å². The van der Waals surface area contributed by atoms with E-state index in [1.165, 1.54) is 55.3 Å². The van der Waals surface area contributed by atoms with Crippen LogP contribution in [0.15, 0.2) is 67.1 Å². The Morgan fingerprint density at radius 3 is 2.60 bits per heavy atom. The molecular formula is C37H50I2N4. The van der Waals surface area contributed by atoms with E-state index in [0.717, 1.165) is 72.2 Å². The molecule has 4 rings (SSSR count). The lowest BCUT2D eigenvalue weighted by Gasteiger charge is -2.27. The van der Waals surface area contributed by atoms with Crippen LogP contribution in [-0.2, 0) is 6.42 Å². The van der Waals surface area contributed by atoms with Crippen molar-refractivity contribution in [1.82, 2.24) is 9.97 Å². The maximum atomic E-state index is 5.35. The van der Waals surface area contributed by atoms with Crippen molar-refractivity contribution in [2.24, 2.45) is 11.8 Å². The largest absolute Gasteiger partial charge is 0.385 e. The summed E-state index contributed by atoms with van der Waals surface area (Å²) in [4.78, 5) is 9.98. The number of nitrogens with one attached hydrogen (secondary N) is 2. The highest BCUT2D eigenvalue weighted by atomic mass is 127. The number of halogens is 2. The van der Waals surface area contributed by atoms with Gasteiger partial charge in [0.25, 0.3) is 0 Å². The van der Waals surface area contributed by atoms with Crippen LogP contribution in [-0.4, -0.2) is 17.9 Å². The third kappa shape index (κ3) is 9.90. The van der Waals surface area contributed by atoms with Gasteiger partial charge in [0, 0.05) is 41.8 Å². The summed E-state index contributed by atoms with van der Waals surface area (Å²) in [5, 5.41) is 7.18. The second-order valence-electron chi connectivity index (χ2n) is 12.7. The Kier molecular flexibility index (Phi) is 12.4. The van der Waals surface area contributed by atoms with Gasteiger partial charge in [-0.3, -0.25) is 4.98 Å². The molecule has 0 bridgehead atoms. The summed E-state index contributed by atoms with van der Waals surface area (Å²) in [6.45, 7) is 23.4. The first kappa shape index (κ1) is 34.2. The lowest BCUT2D eigenvalue weighted by molar-refractivity contribution is 0.378. The fourth-order valence-electron chi connectivity index (χ4n) is 6.64. The van der Waals surface area contributed by atoms with Crippen LogP contribution >= 0.6 is 45.2 Å². The number of hydrogen-bond acceptors (Lipinski definition) is 4. The molecule has 2 heterocycles. The van der Waals surface area contributed by atoms with Crippen LogP contribution in [0.2, 0.25) is 0 Å². The SMILES string of the molecule is C=C(CC1c2nc(C(=C)C(=C)CC(C)(I)I)cc(C)c2CCC[C@H]1CC)Nc1cc(NCC[C@@H](CCC)C2=CC2)ccn1. The van der Waals surface area contributed by atoms with Crippen LogP contribution in [0, 0.1) is 18.8 Å². The monoisotopic (exact) mass is 804 g/mol. The molecule has 3 atom stereocenters. The fourth-order valence-corrected chi connectivity index (χ4v) is 7.56. The highest BCUT2D eigenvalue weighted by Gasteiger charge is 2.31. The quantitative estimate of drug-likeness (QED) is 0.0583. The molecule has 1 unspecified atom stereocenters. The molecule has 232 valence electrons. The maximum Gasteiger partial charge on any atom is 0.132 e. The fraction of sp³-hybridized carbons (Fsp3) is 0.514. The van der Waals surface area contributed by atoms with Gasteiger partial charge in [-0.25, -0.2) is 4.98 Å². The van der Waals surface area contributed by atoms with Gasteiger partial charge in [-0.15, -0.1) is 0 Å². The van der Waals surface area contributed by atoms with Crippen molar-refractivity contribution in [3.8, 4) is 0 Å². The maximum absolute atomic E-state index is 5.35. The molecule has 0 spiro atoms. The summed E-state index contributed by atoms with van der Waals surface area (Å²) in [7, 11) is 0. The number of anilines is 2. The molecule has 4 nitrogen and oxygen atoms in total. The van der Waals surface area contributed by atoms with Crippen molar-refractivity contribution in [2.75, 3.05) is 17.2 Å². The van der Waals surface area contributed by atoms with Crippen LogP contribution in [0.25, 0.3) is 5.57 Å². The van der Waals surface area contributed by atoms with Crippen molar-refractivity contribution < 1.29 is 0 Å². The molecule has 0 amide bonds. The molecule has 0 aromatic carbocycles. The Labute approximate surface area is 288 Å². The van der Waals surface area contributed by atoms with Gasteiger partial charge in [0.15, 0.2) is 0 Å². The number of allylic oxidation sites excluding steroid dienone is 5. The zero-order chi connectivity index (χ0) is 31.1. The number of alkyl halides is 2. The molecule has 6 heteroatoms. The molecule has 0 saturated carbocycles. The van der Waals surface area contributed by atoms with E-state index in [9.17, 15) is 0 Å². The van der Waals surface area contributed by atoms with Crippen molar-refractivity contribution >= 4 is 62.3 Å². The molecule has 2 aromatic rings. The summed E-state index contributed by atoms with van der Waals surface area (Å²) in [6.07, 6.45) is 15.5. The summed E-state index contributed by atoms with van der Waals surface area (Å²) in [5.41, 5.74) is 10.7. The lowest BCUT2D eigenvalue weighted by Crippen LogP contribution is -2.18. The summed E-state index contributed by atoms with van der Waals surface area (Å²) >= 11 is 4.96. The molecule has 0 fully saturated rings. The van der Waals surface area contributed by atoms with E-state index < -0.39 is 0 Å². The van der Waals surface area contributed by atoms with E-state index >= 15 is 0 Å². The predicted octanol–water partition coefficient (Wildman–Crippen LogP) is 11.3. The van der Waals surface area contributed by atoms with Gasteiger partial charge in [-0.05, 0) is 111 Å². The number of aryl methyl sites for hydroxylation is 1. The topological polar surface area (TPSA) is 49.8 Å². The Balaban J connectivity index is 1.48. The Morgan fingerprint density at radius 1 is 1.16 bits per heavy atom. The van der Waals surface area contributed by atoms with Gasteiger partial charge in [0.05, 0.1) is 7.12 Å². The average Bonchev–Trinajstić information content (AvgIpc) is 3.80. The minimum atomic E-state index is 0.0995. The lowest BCUT2D eigenvalue weighted by atomic mass is 9.81. The molecule has 0 saturated heterocycles. The summed E-state index contributed by atoms with van der Waals surface area (Å²) in [5.74, 6) is 2.44. The number of nitrogens with zero attached hydrogens (tertiary/aromatic N) is 2. The van der Waals surface area contributed by atoms with E-state index in [-0.39, 0.29) is 1.43 Å². The number of aromatic nitrogens is 2. The van der Waals surface area contributed by atoms with Crippen LogP contribution in [0.1, 0.15) is 107 Å². The van der Waals surface area contributed by atoms with Gasteiger partial charge >= 0.3 is 0 Å². The van der Waals surface area contributed by atoms with Crippen molar-refractivity contribution in [1.29, 1.82) is 0 Å². The normalized spacial score (nSPS) is 18.6. The standard InChI is InChI=1S/C37H50I2N4/c1-8-11-29(30-14-15-30)16-18-40-31-17-19-41-35(22-31)42-26(5)21-33-28(9-2)12-10-13-32-24(3)20-34(43-36(32)33)27(6)25(4)23-37(7,38)39/h14,17,19-20,22,28-29,33H,4-6,8-13,15-16,18,21,23H2,1-3,7H3,(H2,40,41,42)/t28-,29-,33?/m1/s1. The number of rotatable bonds is 16. The zero-order valence-corrected chi connectivity index (χ0v) is 31.0. The number of fused-ring (bicyclic) bond motifs is 1. The molecule has 43 heavy (non-hydrogen) atoms. The molecule has 0 aliphatic heterocycles. The third-order valence-corrected chi connectivity index (χ3v) is 9.80. The Bertz CT molecular complexity index is 1350. The Morgan fingerprint density at radius 2 is 1.93 bits per heavy atom. The first-order valence-corrected chi connectivity index (χ1v) is 18.2. The van der Waals surface area contributed by atoms with Crippen LogP contribution in [0.3, 0.4) is 0 Å². The van der Waals surface area contributed by atoms with Gasteiger partial charge < -0.3 is 10.6 Å². The number of pyridine rings is 2. The second-order valence-corrected chi connectivity index (χ2v) is 19.6. The molecule has 2 aliphatic carbocycles. The minimum absolute atomic E-state index is 0.0995. The van der Waals surface area contributed by atoms with Crippen LogP contribution in [0.5, 0.6) is 0 Å². The van der Waals surface area contributed by atoms with Gasteiger partial charge in [-0.1, -0.05) is 103 Å². The van der Waals surface area contributed by atoms with Crippen LogP contribution < -0.4 is 10.6 Å². The van der Waals surface area contributed by atoms with E-state index in [2.05, 4.69) is 133 Å². The predicted molar refractivity (Wildman–Crippen MR) is 203 cm³/mol. The second kappa shape index (κ2) is 15.5. The van der Waals surface area contributed by atoms with Gasteiger partial charge in [0.1, 0.15) is 5.82 Å². The van der Waals surface area contributed by atoms with E-state index in [4.69, 9.17) is 4.98 Å². The molecule has 2 aliphatic rings. The minimum Gasteiger partial charge on any atom is -0.385 e. The van der Waals surface area contributed by atoms with Crippen molar-refractivity contribution in [3.63, 3.8) is 0 Å². The van der Waals surface area contributed by atoms with Crippen LogP contribution in [0.4, 0.5) is 11.5 Å². The van der Waals surface area contributed by atoms with Crippen molar-refractivity contribution in [2.45, 2.75) is 99.2 Å². The average molecular weight is 805 g/mol. The number of hydrogen-bond donors (Lipinski definition) is 2.